The first-order valence-corrected chi connectivity index (χ1v) is 9.47. The number of hydrogen-bond acceptors (Lipinski definition) is 4. The first-order valence-electron chi connectivity index (χ1n) is 9.47. The number of morpholine rings is 1. The molecule has 2 heterocycles. The summed E-state index contributed by atoms with van der Waals surface area (Å²) in [5.41, 5.74) is 1.45. The van der Waals surface area contributed by atoms with Crippen molar-refractivity contribution < 1.29 is 31.8 Å². The van der Waals surface area contributed by atoms with E-state index < -0.39 is 6.36 Å². The Morgan fingerprint density at radius 3 is 2.45 bits per heavy atom. The maximum Gasteiger partial charge on any atom is 0.573 e. The lowest BCUT2D eigenvalue weighted by atomic mass is 9.78. The normalized spacial score (nSPS) is 22.6. The van der Waals surface area contributed by atoms with Crippen LogP contribution >= 0.6 is 0 Å². The fraction of sp³-hybridized carbons (Fsp3) is 0.429. The van der Waals surface area contributed by atoms with Crippen molar-refractivity contribution >= 4 is 0 Å². The molecule has 2 aliphatic rings. The molecule has 156 valence electrons. The monoisotopic (exact) mass is 411 g/mol. The fourth-order valence-corrected chi connectivity index (χ4v) is 4.04. The Balaban J connectivity index is 1.69. The number of halogens is 4. The first kappa shape index (κ1) is 20.0. The molecule has 8 heteroatoms. The van der Waals surface area contributed by atoms with Gasteiger partial charge in [0.05, 0.1) is 19.8 Å². The summed E-state index contributed by atoms with van der Waals surface area (Å²) >= 11 is 0. The fourth-order valence-electron chi connectivity index (χ4n) is 4.04. The molecule has 1 saturated heterocycles. The number of fused-ring (bicyclic) bond motifs is 1. The summed E-state index contributed by atoms with van der Waals surface area (Å²) in [5, 5.41) is 0. The Bertz CT molecular complexity index is 835. The van der Waals surface area contributed by atoms with Crippen LogP contribution in [0, 0.1) is 11.7 Å². The molecule has 2 aromatic carbocycles. The van der Waals surface area contributed by atoms with Gasteiger partial charge in [-0.15, -0.1) is 13.2 Å². The Labute approximate surface area is 166 Å². The average Bonchev–Trinajstić information content (AvgIpc) is 2.68. The van der Waals surface area contributed by atoms with Gasteiger partial charge in [-0.1, -0.05) is 12.1 Å². The number of rotatable bonds is 4. The topological polar surface area (TPSA) is 30.9 Å². The molecule has 0 amide bonds. The molecule has 29 heavy (non-hydrogen) atoms. The van der Waals surface area contributed by atoms with Gasteiger partial charge in [0, 0.05) is 37.0 Å². The molecule has 0 N–H and O–H groups in total. The highest BCUT2D eigenvalue weighted by molar-refractivity contribution is 5.48. The van der Waals surface area contributed by atoms with Crippen molar-refractivity contribution in [2.24, 2.45) is 5.92 Å². The highest BCUT2D eigenvalue weighted by atomic mass is 19.4. The third-order valence-corrected chi connectivity index (χ3v) is 5.30. The molecule has 2 aromatic rings. The maximum absolute atomic E-state index is 13.5. The quantitative estimate of drug-likeness (QED) is 0.706. The van der Waals surface area contributed by atoms with Gasteiger partial charge >= 0.3 is 6.36 Å². The van der Waals surface area contributed by atoms with E-state index in [1.165, 1.54) is 30.3 Å². The third-order valence-electron chi connectivity index (χ3n) is 5.30. The van der Waals surface area contributed by atoms with Gasteiger partial charge in [-0.3, -0.25) is 4.90 Å². The van der Waals surface area contributed by atoms with E-state index >= 15 is 0 Å². The van der Waals surface area contributed by atoms with E-state index in [0.29, 0.717) is 37.7 Å². The predicted molar refractivity (Wildman–Crippen MR) is 97.6 cm³/mol. The van der Waals surface area contributed by atoms with Crippen LogP contribution < -0.4 is 9.47 Å². The zero-order chi connectivity index (χ0) is 20.4. The van der Waals surface area contributed by atoms with E-state index in [-0.39, 0.29) is 23.4 Å². The summed E-state index contributed by atoms with van der Waals surface area (Å²) in [4.78, 5) is 2.26. The molecule has 2 atom stereocenters. The molecule has 2 unspecified atom stereocenters. The van der Waals surface area contributed by atoms with Crippen LogP contribution in [-0.4, -0.2) is 50.7 Å². The second-order valence-electron chi connectivity index (χ2n) is 7.26. The molecular weight excluding hydrogens is 390 g/mol. The molecule has 0 radical (unpaired) electrons. The number of nitrogens with zero attached hydrogens (tertiary/aromatic N) is 1. The average molecular weight is 411 g/mol. The van der Waals surface area contributed by atoms with E-state index in [1.54, 1.807) is 12.1 Å². The van der Waals surface area contributed by atoms with Crippen molar-refractivity contribution in [3.63, 3.8) is 0 Å². The van der Waals surface area contributed by atoms with Gasteiger partial charge in [0.25, 0.3) is 0 Å². The lowest BCUT2D eigenvalue weighted by Gasteiger charge is -2.38. The van der Waals surface area contributed by atoms with Crippen molar-refractivity contribution in [3.8, 4) is 11.5 Å². The van der Waals surface area contributed by atoms with E-state index in [4.69, 9.17) is 9.47 Å². The molecule has 0 aliphatic carbocycles. The predicted octanol–water partition coefficient (Wildman–Crippen LogP) is 4.20. The Morgan fingerprint density at radius 1 is 1.03 bits per heavy atom. The minimum absolute atomic E-state index is 0.00722. The van der Waals surface area contributed by atoms with E-state index in [0.717, 1.165) is 18.7 Å². The van der Waals surface area contributed by atoms with Crippen LogP contribution in [0.15, 0.2) is 42.5 Å². The SMILES string of the molecule is Fc1ccc(C2c3cc(OC(F)(F)F)ccc3OCC2CN2CCOCC2)cc1. The lowest BCUT2D eigenvalue weighted by molar-refractivity contribution is -0.274. The third kappa shape index (κ3) is 4.82. The molecular formula is C21H21F4NO3. The number of alkyl halides is 3. The lowest BCUT2D eigenvalue weighted by Crippen LogP contribution is -2.43. The van der Waals surface area contributed by atoms with Gasteiger partial charge in [0.2, 0.25) is 0 Å². The van der Waals surface area contributed by atoms with E-state index in [2.05, 4.69) is 9.64 Å². The minimum atomic E-state index is -4.78. The van der Waals surface area contributed by atoms with Gasteiger partial charge in [-0.2, -0.15) is 0 Å². The molecule has 1 fully saturated rings. The minimum Gasteiger partial charge on any atom is -0.493 e. The molecule has 0 spiro atoms. The number of ether oxygens (including phenoxy) is 3. The molecule has 2 aliphatic heterocycles. The number of hydrogen-bond donors (Lipinski definition) is 0. The summed E-state index contributed by atoms with van der Waals surface area (Å²) in [7, 11) is 0. The smallest absolute Gasteiger partial charge is 0.493 e. The van der Waals surface area contributed by atoms with E-state index in [9.17, 15) is 17.6 Å². The summed E-state index contributed by atoms with van der Waals surface area (Å²) in [6.45, 7) is 4.00. The number of benzene rings is 2. The van der Waals surface area contributed by atoms with Crippen molar-refractivity contribution in [2.75, 3.05) is 39.5 Å². The van der Waals surface area contributed by atoms with Gasteiger partial charge in [-0.25, -0.2) is 4.39 Å². The summed E-state index contributed by atoms with van der Waals surface area (Å²) in [6.07, 6.45) is -4.78. The van der Waals surface area contributed by atoms with Crippen LogP contribution in [0.5, 0.6) is 11.5 Å². The summed E-state index contributed by atoms with van der Waals surface area (Å²) in [6, 6.07) is 10.2. The van der Waals surface area contributed by atoms with Crippen molar-refractivity contribution in [3.05, 3.63) is 59.4 Å². The zero-order valence-corrected chi connectivity index (χ0v) is 15.6. The van der Waals surface area contributed by atoms with Gasteiger partial charge in [0.15, 0.2) is 0 Å². The zero-order valence-electron chi connectivity index (χ0n) is 15.6. The van der Waals surface area contributed by atoms with Crippen molar-refractivity contribution in [1.82, 2.24) is 4.90 Å². The van der Waals surface area contributed by atoms with Crippen LogP contribution in [-0.2, 0) is 4.74 Å². The molecule has 4 rings (SSSR count). The second kappa shape index (κ2) is 8.20. The molecule has 0 aromatic heterocycles. The van der Waals surface area contributed by atoms with Crippen LogP contribution in [0.2, 0.25) is 0 Å². The summed E-state index contributed by atoms with van der Waals surface area (Å²) < 4.78 is 67.0. The van der Waals surface area contributed by atoms with Crippen LogP contribution in [0.1, 0.15) is 17.0 Å². The Hall–Kier alpha value is -2.32. The standard InChI is InChI=1S/C21H21F4NO3/c22-16-3-1-14(2-4-16)20-15(12-26-7-9-27-10-8-26)13-28-19-6-5-17(11-18(19)20)29-21(23,24)25/h1-6,11,15,20H,7-10,12-13H2. The Morgan fingerprint density at radius 2 is 1.76 bits per heavy atom. The highest BCUT2D eigenvalue weighted by Crippen LogP contribution is 2.44. The molecule has 4 nitrogen and oxygen atoms in total. The Kier molecular flexibility index (Phi) is 5.65. The van der Waals surface area contributed by atoms with Crippen molar-refractivity contribution in [1.29, 1.82) is 0 Å². The first-order chi connectivity index (χ1) is 13.9. The summed E-state index contributed by atoms with van der Waals surface area (Å²) in [5.74, 6) is -0.378. The van der Waals surface area contributed by atoms with Crippen LogP contribution in [0.3, 0.4) is 0 Å². The second-order valence-corrected chi connectivity index (χ2v) is 7.26. The van der Waals surface area contributed by atoms with Crippen LogP contribution in [0.25, 0.3) is 0 Å². The van der Waals surface area contributed by atoms with Gasteiger partial charge < -0.3 is 14.2 Å². The van der Waals surface area contributed by atoms with Crippen molar-refractivity contribution in [2.45, 2.75) is 12.3 Å². The van der Waals surface area contributed by atoms with Gasteiger partial charge in [0.1, 0.15) is 17.3 Å². The van der Waals surface area contributed by atoms with Gasteiger partial charge in [-0.05, 0) is 35.9 Å². The highest BCUT2D eigenvalue weighted by Gasteiger charge is 2.36. The van der Waals surface area contributed by atoms with Crippen LogP contribution in [0.4, 0.5) is 17.6 Å². The van der Waals surface area contributed by atoms with E-state index in [1.807, 2.05) is 0 Å². The molecule has 0 saturated carbocycles. The maximum atomic E-state index is 13.5. The largest absolute Gasteiger partial charge is 0.573 e. The molecule has 0 bridgehead atoms.